The second kappa shape index (κ2) is 20.7. The topological polar surface area (TPSA) is 0 Å². The Bertz CT molecular complexity index is 272. The average Bonchev–Trinajstić information content (AvgIpc) is 2.66. The van der Waals surface area contributed by atoms with Crippen molar-refractivity contribution >= 4 is 39.1 Å². The summed E-state index contributed by atoms with van der Waals surface area (Å²) in [6, 6.07) is 0. The molecule has 0 aromatic heterocycles. The first-order chi connectivity index (χ1) is 13.1. The van der Waals surface area contributed by atoms with Gasteiger partial charge in [0.15, 0.2) is 0 Å². The minimum atomic E-state index is -0.636. The molecule has 3 heteroatoms. The Morgan fingerprint density at radius 2 is 0.815 bits per heavy atom. The second-order valence-corrected chi connectivity index (χ2v) is 16.6. The van der Waals surface area contributed by atoms with Gasteiger partial charge in [0.25, 0.3) is 0 Å². The lowest BCUT2D eigenvalue weighted by Gasteiger charge is -2.28. The number of alkyl halides is 2. The molecule has 0 amide bonds. The van der Waals surface area contributed by atoms with E-state index in [9.17, 15) is 0 Å². The quantitative estimate of drug-likeness (QED) is 0.0788. The van der Waals surface area contributed by atoms with Crippen LogP contribution < -0.4 is 0 Å². The molecule has 0 saturated heterocycles. The zero-order valence-corrected chi connectivity index (χ0v) is 23.0. The van der Waals surface area contributed by atoms with Crippen molar-refractivity contribution in [1.29, 1.82) is 0 Å². The van der Waals surface area contributed by atoms with Gasteiger partial charge in [0.1, 0.15) is 0 Å². The molecule has 0 rings (SSSR count). The van der Waals surface area contributed by atoms with Gasteiger partial charge in [-0.1, -0.05) is 117 Å². The third kappa shape index (κ3) is 17.9. The molecule has 0 spiro atoms. The molecule has 0 aliphatic heterocycles. The summed E-state index contributed by atoms with van der Waals surface area (Å²) in [6.07, 6.45) is 29.5. The first kappa shape index (κ1) is 28.4. The lowest BCUT2D eigenvalue weighted by atomic mass is 10.1. The summed E-state index contributed by atoms with van der Waals surface area (Å²) < 4.78 is 0.520. The zero-order valence-electron chi connectivity index (χ0n) is 18.9. The van der Waals surface area contributed by atoms with E-state index in [1.807, 2.05) is 0 Å². The van der Waals surface area contributed by atoms with Crippen LogP contribution in [0.4, 0.5) is 0 Å². The van der Waals surface area contributed by atoms with Gasteiger partial charge in [0, 0.05) is 7.26 Å². The van der Waals surface area contributed by atoms with Crippen LogP contribution in [0.1, 0.15) is 124 Å². The van der Waals surface area contributed by atoms with Crippen LogP contribution in [-0.4, -0.2) is 28.4 Å². The molecule has 0 aliphatic rings. The predicted molar refractivity (Wildman–Crippen MR) is 139 cm³/mol. The first-order valence-electron chi connectivity index (χ1n) is 12.2. The van der Waals surface area contributed by atoms with Crippen molar-refractivity contribution in [2.45, 2.75) is 127 Å². The van der Waals surface area contributed by atoms with Crippen LogP contribution in [0.25, 0.3) is 0 Å². The van der Waals surface area contributed by atoms with Gasteiger partial charge in [-0.3, -0.25) is 0 Å². The van der Waals surface area contributed by atoms with Crippen LogP contribution >= 0.6 is 39.1 Å². The van der Waals surface area contributed by atoms with E-state index in [0.717, 1.165) is 0 Å². The summed E-state index contributed by atoms with van der Waals surface area (Å²) in [5.74, 6) is 0. The van der Waals surface area contributed by atoms with Gasteiger partial charge in [-0.25, -0.2) is 0 Å². The standard InChI is InChI=1S/C24H50Br2P/c1-4-7-20-27(21-8-5-2,22-9-6-3)23-18-16-14-12-10-11-13-15-17-19-24(25)26/h24H,4-23H2,1-3H3/q+1. The van der Waals surface area contributed by atoms with Crippen LogP contribution in [0.2, 0.25) is 0 Å². The number of hydrogen-bond donors (Lipinski definition) is 0. The smallest absolute Gasteiger partial charge is 0.0697 e. The Morgan fingerprint density at radius 1 is 0.481 bits per heavy atom. The lowest BCUT2D eigenvalue weighted by molar-refractivity contribution is 0.562. The first-order valence-corrected chi connectivity index (χ1v) is 16.6. The van der Waals surface area contributed by atoms with Crippen LogP contribution in [-0.2, 0) is 0 Å². The van der Waals surface area contributed by atoms with Crippen molar-refractivity contribution in [2.75, 3.05) is 24.6 Å². The van der Waals surface area contributed by atoms with E-state index >= 15 is 0 Å². The highest BCUT2D eigenvalue weighted by Crippen LogP contribution is 2.61. The van der Waals surface area contributed by atoms with E-state index in [4.69, 9.17) is 0 Å². The SMILES string of the molecule is CCCC[P+](CCCC)(CCCC)CCCCCCCCCCCC(Br)Br. The van der Waals surface area contributed by atoms with Gasteiger partial charge < -0.3 is 0 Å². The maximum absolute atomic E-state index is 3.57. The molecular weight excluding hydrogens is 479 g/mol. The molecule has 0 radical (unpaired) electrons. The molecule has 0 unspecified atom stereocenters. The molecule has 0 aromatic carbocycles. The highest BCUT2D eigenvalue weighted by molar-refractivity contribution is 9.24. The van der Waals surface area contributed by atoms with E-state index in [2.05, 4.69) is 52.6 Å². The lowest BCUT2D eigenvalue weighted by Crippen LogP contribution is -2.13. The molecule has 0 N–H and O–H groups in total. The molecule has 0 fully saturated rings. The molecule has 0 aromatic rings. The number of halogens is 2. The van der Waals surface area contributed by atoms with Gasteiger partial charge >= 0.3 is 0 Å². The van der Waals surface area contributed by atoms with Crippen LogP contribution in [0, 0.1) is 0 Å². The summed E-state index contributed by atoms with van der Waals surface area (Å²) in [5, 5.41) is 0. The molecule has 27 heavy (non-hydrogen) atoms. The molecule has 164 valence electrons. The van der Waals surface area contributed by atoms with E-state index in [0.29, 0.717) is 3.74 Å². The molecule has 0 nitrogen and oxygen atoms in total. The molecular formula is C24H50Br2P+. The molecule has 0 atom stereocenters. The Kier molecular flexibility index (Phi) is 21.7. The highest BCUT2D eigenvalue weighted by atomic mass is 79.9. The Balaban J connectivity index is 3.92. The summed E-state index contributed by atoms with van der Waals surface area (Å²) >= 11 is 7.13. The van der Waals surface area contributed by atoms with Crippen molar-refractivity contribution in [2.24, 2.45) is 0 Å². The maximum Gasteiger partial charge on any atom is 0.0697 e. The Labute approximate surface area is 190 Å². The second-order valence-electron chi connectivity index (χ2n) is 8.66. The fourth-order valence-corrected chi connectivity index (χ4v) is 9.98. The van der Waals surface area contributed by atoms with E-state index < -0.39 is 7.26 Å². The third-order valence-corrected chi connectivity index (χ3v) is 12.0. The monoisotopic (exact) mass is 527 g/mol. The summed E-state index contributed by atoms with van der Waals surface area (Å²) in [6.45, 7) is 7.14. The van der Waals surface area contributed by atoms with Crippen LogP contribution in [0.15, 0.2) is 0 Å². The van der Waals surface area contributed by atoms with Crippen LogP contribution in [0.5, 0.6) is 0 Å². The molecule has 0 saturated carbocycles. The molecule has 0 heterocycles. The average molecular weight is 529 g/mol. The van der Waals surface area contributed by atoms with Crippen molar-refractivity contribution in [3.05, 3.63) is 0 Å². The molecule has 0 aliphatic carbocycles. The Morgan fingerprint density at radius 3 is 1.19 bits per heavy atom. The normalized spacial score (nSPS) is 12.2. The van der Waals surface area contributed by atoms with Gasteiger partial charge in [0.05, 0.1) is 28.4 Å². The van der Waals surface area contributed by atoms with Crippen molar-refractivity contribution in [3.8, 4) is 0 Å². The van der Waals surface area contributed by atoms with Crippen molar-refractivity contribution in [1.82, 2.24) is 0 Å². The third-order valence-electron chi connectivity index (χ3n) is 6.01. The summed E-state index contributed by atoms with van der Waals surface area (Å²) in [7, 11) is -0.636. The van der Waals surface area contributed by atoms with E-state index in [1.54, 1.807) is 24.6 Å². The number of unbranched alkanes of at least 4 members (excludes halogenated alkanes) is 11. The van der Waals surface area contributed by atoms with Crippen molar-refractivity contribution in [3.63, 3.8) is 0 Å². The minimum Gasteiger partial charge on any atom is -0.0765 e. The van der Waals surface area contributed by atoms with E-state index in [-0.39, 0.29) is 0 Å². The summed E-state index contributed by atoms with van der Waals surface area (Å²) in [5.41, 5.74) is 0. The maximum atomic E-state index is 3.57. The number of hydrogen-bond acceptors (Lipinski definition) is 0. The highest BCUT2D eigenvalue weighted by Gasteiger charge is 2.34. The Hall–Kier alpha value is 1.39. The predicted octanol–water partition coefficient (Wildman–Crippen LogP) is 10.4. The largest absolute Gasteiger partial charge is 0.0765 e. The minimum absolute atomic E-state index is 0.520. The fraction of sp³-hybridized carbons (Fsp3) is 1.00. The fourth-order valence-electron chi connectivity index (χ4n) is 4.13. The summed E-state index contributed by atoms with van der Waals surface area (Å²) in [4.78, 5) is 0. The van der Waals surface area contributed by atoms with Gasteiger partial charge in [-0.2, -0.15) is 0 Å². The van der Waals surface area contributed by atoms with Crippen LogP contribution in [0.3, 0.4) is 0 Å². The van der Waals surface area contributed by atoms with Gasteiger partial charge in [0.2, 0.25) is 0 Å². The number of rotatable bonds is 21. The van der Waals surface area contributed by atoms with Gasteiger partial charge in [-0.05, 0) is 38.5 Å². The van der Waals surface area contributed by atoms with E-state index in [1.165, 1.54) is 103 Å². The zero-order chi connectivity index (χ0) is 20.2. The van der Waals surface area contributed by atoms with Gasteiger partial charge in [-0.15, -0.1) is 0 Å². The molecule has 0 bridgehead atoms. The van der Waals surface area contributed by atoms with Crippen molar-refractivity contribution < 1.29 is 0 Å².